The average molecular weight is 353 g/mol. The van der Waals surface area contributed by atoms with Gasteiger partial charge in [-0.2, -0.15) is 0 Å². The Kier molecular flexibility index (Phi) is 5.00. The molecule has 0 aliphatic carbocycles. The van der Waals surface area contributed by atoms with Crippen molar-refractivity contribution in [3.05, 3.63) is 88.8 Å². The lowest BCUT2D eigenvalue weighted by atomic mass is 10.1. The second-order valence-electron chi connectivity index (χ2n) is 5.40. The largest absolute Gasteiger partial charge is 0.488 e. The SMILES string of the molecule is C=CCOc1c(CC=C)c(=O)n(-c2cccc(Cl)c2)c2ncccc12. The zero-order chi connectivity index (χ0) is 17.8. The van der Waals surface area contributed by atoms with Crippen molar-refractivity contribution in [1.29, 1.82) is 0 Å². The first-order valence-electron chi connectivity index (χ1n) is 7.80. The fourth-order valence-electron chi connectivity index (χ4n) is 2.73. The summed E-state index contributed by atoms with van der Waals surface area (Å²) in [5, 5.41) is 1.30. The average Bonchev–Trinajstić information content (AvgIpc) is 2.62. The molecule has 126 valence electrons. The van der Waals surface area contributed by atoms with Crippen LogP contribution in [-0.2, 0) is 6.42 Å². The van der Waals surface area contributed by atoms with E-state index in [0.717, 1.165) is 5.39 Å². The summed E-state index contributed by atoms with van der Waals surface area (Å²) in [4.78, 5) is 17.6. The molecule has 0 aliphatic heterocycles. The number of allylic oxidation sites excluding steroid dienone is 1. The van der Waals surface area contributed by atoms with Gasteiger partial charge < -0.3 is 4.74 Å². The van der Waals surface area contributed by atoms with Crippen LogP contribution in [0.2, 0.25) is 5.02 Å². The standard InChI is InChI=1S/C20H17ClN2O2/c1-3-7-17-18(25-12-4-2)16-10-6-11-22-19(16)23(20(17)24)15-9-5-8-14(21)13-15/h3-6,8-11,13H,1-2,7,12H2. The summed E-state index contributed by atoms with van der Waals surface area (Å²) in [6, 6.07) is 10.8. The molecule has 0 N–H and O–H groups in total. The van der Waals surface area contributed by atoms with E-state index in [4.69, 9.17) is 16.3 Å². The van der Waals surface area contributed by atoms with Crippen LogP contribution < -0.4 is 10.3 Å². The molecular formula is C20H17ClN2O2. The predicted octanol–water partition coefficient (Wildman–Crippen LogP) is 4.33. The van der Waals surface area contributed by atoms with E-state index in [1.807, 2.05) is 18.2 Å². The first kappa shape index (κ1) is 17.0. The number of halogens is 1. The minimum atomic E-state index is -0.201. The summed E-state index contributed by atoms with van der Waals surface area (Å²) in [6.07, 6.45) is 5.36. The first-order chi connectivity index (χ1) is 12.2. The van der Waals surface area contributed by atoms with E-state index in [0.29, 0.717) is 40.7 Å². The zero-order valence-electron chi connectivity index (χ0n) is 13.6. The number of pyridine rings is 2. The Balaban J connectivity index is 2.41. The highest BCUT2D eigenvalue weighted by atomic mass is 35.5. The molecule has 2 heterocycles. The minimum Gasteiger partial charge on any atom is -0.488 e. The fourth-order valence-corrected chi connectivity index (χ4v) is 2.91. The van der Waals surface area contributed by atoms with Crippen molar-refractivity contribution < 1.29 is 4.74 Å². The van der Waals surface area contributed by atoms with Gasteiger partial charge in [0.25, 0.3) is 5.56 Å². The van der Waals surface area contributed by atoms with E-state index in [1.54, 1.807) is 41.1 Å². The number of benzene rings is 1. The molecule has 2 aromatic heterocycles. The quantitative estimate of drug-likeness (QED) is 0.620. The maximum Gasteiger partial charge on any atom is 0.264 e. The summed E-state index contributed by atoms with van der Waals surface area (Å²) >= 11 is 6.11. The number of hydrogen-bond donors (Lipinski definition) is 0. The molecule has 0 radical (unpaired) electrons. The van der Waals surface area contributed by atoms with Crippen molar-refractivity contribution in [2.45, 2.75) is 6.42 Å². The predicted molar refractivity (Wildman–Crippen MR) is 102 cm³/mol. The molecule has 0 aliphatic rings. The third-order valence-corrected chi connectivity index (χ3v) is 3.97. The number of nitrogens with zero attached hydrogens (tertiary/aromatic N) is 2. The molecule has 3 rings (SSSR count). The summed E-state index contributed by atoms with van der Waals surface area (Å²) in [7, 11) is 0. The van der Waals surface area contributed by atoms with E-state index in [1.165, 1.54) is 0 Å². The van der Waals surface area contributed by atoms with Gasteiger partial charge in [-0.1, -0.05) is 36.4 Å². The van der Waals surface area contributed by atoms with E-state index in [-0.39, 0.29) is 5.56 Å². The molecule has 4 nitrogen and oxygen atoms in total. The van der Waals surface area contributed by atoms with Crippen LogP contribution in [-0.4, -0.2) is 16.2 Å². The van der Waals surface area contributed by atoms with Crippen LogP contribution in [0.5, 0.6) is 5.75 Å². The second-order valence-corrected chi connectivity index (χ2v) is 5.83. The molecule has 0 spiro atoms. The third-order valence-electron chi connectivity index (χ3n) is 3.74. The van der Waals surface area contributed by atoms with E-state index >= 15 is 0 Å². The Bertz CT molecular complexity index is 1010. The van der Waals surface area contributed by atoms with E-state index < -0.39 is 0 Å². The van der Waals surface area contributed by atoms with Gasteiger partial charge in [-0.3, -0.25) is 9.36 Å². The van der Waals surface area contributed by atoms with Gasteiger partial charge >= 0.3 is 0 Å². The normalized spacial score (nSPS) is 10.6. The van der Waals surface area contributed by atoms with Crippen molar-refractivity contribution >= 4 is 22.6 Å². The molecule has 0 amide bonds. The van der Waals surface area contributed by atoms with Crippen LogP contribution in [0.15, 0.2) is 72.7 Å². The topological polar surface area (TPSA) is 44.1 Å². The van der Waals surface area contributed by atoms with Crippen molar-refractivity contribution in [3.63, 3.8) is 0 Å². The van der Waals surface area contributed by atoms with Gasteiger partial charge in [0.1, 0.15) is 12.4 Å². The maximum absolute atomic E-state index is 13.2. The molecule has 1 aromatic carbocycles. The summed E-state index contributed by atoms with van der Waals surface area (Å²) in [5.74, 6) is 0.520. The van der Waals surface area contributed by atoms with Crippen LogP contribution in [0, 0.1) is 0 Å². The Labute approximate surface area is 150 Å². The highest BCUT2D eigenvalue weighted by Crippen LogP contribution is 2.29. The summed E-state index contributed by atoms with van der Waals surface area (Å²) < 4.78 is 7.36. The fraction of sp³-hybridized carbons (Fsp3) is 0.100. The van der Waals surface area contributed by atoms with Gasteiger partial charge in [-0.25, -0.2) is 4.98 Å². The van der Waals surface area contributed by atoms with Crippen LogP contribution in [0.3, 0.4) is 0 Å². The molecule has 0 saturated heterocycles. The Morgan fingerprint density at radius 2 is 2.04 bits per heavy atom. The number of aromatic nitrogens is 2. The van der Waals surface area contributed by atoms with Gasteiger partial charge in [0.15, 0.2) is 5.65 Å². The molecule has 0 bridgehead atoms. The van der Waals surface area contributed by atoms with Crippen molar-refractivity contribution in [2.75, 3.05) is 6.61 Å². The molecular weight excluding hydrogens is 336 g/mol. The highest BCUT2D eigenvalue weighted by Gasteiger charge is 2.19. The molecule has 0 atom stereocenters. The molecule has 25 heavy (non-hydrogen) atoms. The number of hydrogen-bond acceptors (Lipinski definition) is 3. The number of fused-ring (bicyclic) bond motifs is 1. The molecule has 0 saturated carbocycles. The van der Waals surface area contributed by atoms with Crippen molar-refractivity contribution in [2.24, 2.45) is 0 Å². The van der Waals surface area contributed by atoms with Crippen LogP contribution in [0.25, 0.3) is 16.7 Å². The van der Waals surface area contributed by atoms with Gasteiger partial charge in [-0.15, -0.1) is 6.58 Å². The number of rotatable bonds is 6. The van der Waals surface area contributed by atoms with E-state index in [2.05, 4.69) is 18.1 Å². The third kappa shape index (κ3) is 3.21. The molecule has 3 aromatic rings. The first-order valence-corrected chi connectivity index (χ1v) is 8.18. The van der Waals surface area contributed by atoms with E-state index in [9.17, 15) is 4.79 Å². The summed E-state index contributed by atoms with van der Waals surface area (Å²) in [6.45, 7) is 7.72. The van der Waals surface area contributed by atoms with Crippen LogP contribution in [0.4, 0.5) is 0 Å². The lowest BCUT2D eigenvalue weighted by Crippen LogP contribution is -2.24. The highest BCUT2D eigenvalue weighted by molar-refractivity contribution is 6.30. The zero-order valence-corrected chi connectivity index (χ0v) is 14.4. The monoisotopic (exact) mass is 352 g/mol. The smallest absolute Gasteiger partial charge is 0.264 e. The Morgan fingerprint density at radius 3 is 2.76 bits per heavy atom. The summed E-state index contributed by atoms with van der Waals surface area (Å²) in [5.41, 5.74) is 1.49. The van der Waals surface area contributed by atoms with Crippen molar-refractivity contribution in [3.8, 4) is 11.4 Å². The lowest BCUT2D eigenvalue weighted by Gasteiger charge is -2.17. The van der Waals surface area contributed by atoms with Crippen molar-refractivity contribution in [1.82, 2.24) is 9.55 Å². The molecule has 0 fully saturated rings. The maximum atomic E-state index is 13.2. The van der Waals surface area contributed by atoms with Gasteiger partial charge in [0, 0.05) is 11.2 Å². The van der Waals surface area contributed by atoms with Crippen LogP contribution in [0.1, 0.15) is 5.56 Å². The van der Waals surface area contributed by atoms with Gasteiger partial charge in [-0.05, 0) is 36.8 Å². The van der Waals surface area contributed by atoms with Crippen LogP contribution >= 0.6 is 11.6 Å². The molecule has 0 unspecified atom stereocenters. The number of ether oxygens (including phenoxy) is 1. The Hall–Kier alpha value is -2.85. The van der Waals surface area contributed by atoms with Gasteiger partial charge in [0.2, 0.25) is 0 Å². The molecule has 5 heteroatoms. The minimum absolute atomic E-state index is 0.201. The lowest BCUT2D eigenvalue weighted by molar-refractivity contribution is 0.363. The van der Waals surface area contributed by atoms with Gasteiger partial charge in [0.05, 0.1) is 16.6 Å². The Morgan fingerprint density at radius 1 is 1.20 bits per heavy atom. The second kappa shape index (κ2) is 7.36.